The second-order valence-electron chi connectivity index (χ2n) is 4.15. The van der Waals surface area contributed by atoms with Crippen LogP contribution in [0.1, 0.15) is 31.2 Å². The summed E-state index contributed by atoms with van der Waals surface area (Å²) in [6.07, 6.45) is 2.94. The lowest BCUT2D eigenvalue weighted by atomic mass is 10.0. The van der Waals surface area contributed by atoms with Gasteiger partial charge in [-0.15, -0.1) is 12.4 Å². The van der Waals surface area contributed by atoms with Crippen LogP contribution in [0.25, 0.3) is 0 Å². The van der Waals surface area contributed by atoms with E-state index in [1.54, 1.807) is 12.1 Å². The summed E-state index contributed by atoms with van der Waals surface area (Å²) in [4.78, 5) is 5.15. The zero-order valence-corrected chi connectivity index (χ0v) is 13.8. The summed E-state index contributed by atoms with van der Waals surface area (Å²) < 4.78 is 0. The minimum Gasteiger partial charge on any atom is -0.394 e. The molecule has 0 radical (unpaired) electrons. The van der Waals surface area contributed by atoms with Gasteiger partial charge in [0.1, 0.15) is 6.61 Å². The molecule has 2 N–H and O–H groups in total. The van der Waals surface area contributed by atoms with Crippen molar-refractivity contribution in [3.63, 3.8) is 0 Å². The third-order valence-electron chi connectivity index (χ3n) is 2.59. The average Bonchev–Trinajstić information content (AvgIpc) is 2.45. The molecule has 4 nitrogen and oxygen atoms in total. The number of unbranched alkanes of at least 4 members (excludes halogenated alkanes) is 2. The predicted octanol–water partition coefficient (Wildman–Crippen LogP) is 4.18. The SMILES string of the molecule is Cl.N#CCCCCC(=NOCCN)c1ccc(Cl)c(Cl)c1. The van der Waals surface area contributed by atoms with Gasteiger partial charge in [0.05, 0.1) is 21.8 Å². The van der Waals surface area contributed by atoms with Crippen LogP contribution in [-0.2, 0) is 4.84 Å². The maximum absolute atomic E-state index is 8.54. The Kier molecular flexibility index (Phi) is 11.1. The number of benzene rings is 1. The van der Waals surface area contributed by atoms with Crippen LogP contribution in [0.4, 0.5) is 0 Å². The third-order valence-corrected chi connectivity index (χ3v) is 3.33. The zero-order valence-electron chi connectivity index (χ0n) is 11.5. The van der Waals surface area contributed by atoms with E-state index in [9.17, 15) is 0 Å². The number of rotatable bonds is 8. The molecular formula is C14H18Cl3N3O. The van der Waals surface area contributed by atoms with Gasteiger partial charge < -0.3 is 10.6 Å². The minimum absolute atomic E-state index is 0. The second-order valence-corrected chi connectivity index (χ2v) is 4.97. The molecule has 0 saturated heterocycles. The molecule has 0 heterocycles. The molecule has 0 unspecified atom stereocenters. The van der Waals surface area contributed by atoms with E-state index < -0.39 is 0 Å². The fourth-order valence-electron chi connectivity index (χ4n) is 1.59. The van der Waals surface area contributed by atoms with E-state index in [4.69, 9.17) is 39.0 Å². The number of halogens is 3. The van der Waals surface area contributed by atoms with Crippen molar-refractivity contribution >= 4 is 41.3 Å². The molecule has 0 aliphatic rings. The molecule has 1 aromatic rings. The lowest BCUT2D eigenvalue weighted by molar-refractivity contribution is 0.152. The molecule has 116 valence electrons. The Balaban J connectivity index is 0.00000400. The van der Waals surface area contributed by atoms with Gasteiger partial charge in [0.25, 0.3) is 0 Å². The Hall–Kier alpha value is -0.990. The van der Waals surface area contributed by atoms with Crippen LogP contribution >= 0.6 is 35.6 Å². The van der Waals surface area contributed by atoms with Crippen molar-refractivity contribution < 1.29 is 4.84 Å². The fourth-order valence-corrected chi connectivity index (χ4v) is 1.89. The van der Waals surface area contributed by atoms with Gasteiger partial charge in [0.2, 0.25) is 0 Å². The highest BCUT2D eigenvalue weighted by Gasteiger charge is 2.07. The van der Waals surface area contributed by atoms with Crippen LogP contribution in [0.3, 0.4) is 0 Å². The second kappa shape index (κ2) is 11.6. The van der Waals surface area contributed by atoms with E-state index in [-0.39, 0.29) is 12.4 Å². The predicted molar refractivity (Wildman–Crippen MR) is 89.3 cm³/mol. The van der Waals surface area contributed by atoms with Gasteiger partial charge in [0.15, 0.2) is 0 Å². The van der Waals surface area contributed by atoms with E-state index >= 15 is 0 Å². The number of nitrogens with zero attached hydrogens (tertiary/aromatic N) is 2. The van der Waals surface area contributed by atoms with E-state index in [1.165, 1.54) is 0 Å². The molecule has 0 fully saturated rings. The van der Waals surface area contributed by atoms with Crippen molar-refractivity contribution in [2.45, 2.75) is 25.7 Å². The first-order valence-electron chi connectivity index (χ1n) is 6.40. The van der Waals surface area contributed by atoms with Crippen molar-refractivity contribution in [1.82, 2.24) is 0 Å². The topological polar surface area (TPSA) is 71.4 Å². The maximum atomic E-state index is 8.54. The first kappa shape index (κ1) is 20.0. The number of nitriles is 1. The highest BCUT2D eigenvalue weighted by atomic mass is 35.5. The van der Waals surface area contributed by atoms with Crippen molar-refractivity contribution in [3.05, 3.63) is 33.8 Å². The zero-order chi connectivity index (χ0) is 14.8. The van der Waals surface area contributed by atoms with Crippen LogP contribution in [0.15, 0.2) is 23.4 Å². The van der Waals surface area contributed by atoms with Crippen molar-refractivity contribution in [1.29, 1.82) is 5.26 Å². The smallest absolute Gasteiger partial charge is 0.129 e. The first-order chi connectivity index (χ1) is 9.69. The Morgan fingerprint density at radius 1 is 1.29 bits per heavy atom. The summed E-state index contributed by atoms with van der Waals surface area (Å²) >= 11 is 11.9. The van der Waals surface area contributed by atoms with E-state index in [0.29, 0.717) is 36.0 Å². The molecule has 0 atom stereocenters. The molecule has 0 amide bonds. The standard InChI is InChI=1S/C14H17Cl2N3O.ClH/c15-12-6-5-11(10-13(12)16)14(19-20-9-8-18)4-2-1-3-7-17;/h5-6,10H,1-4,8-9,18H2;1H. The molecule has 7 heteroatoms. The number of nitrogens with two attached hydrogens (primary N) is 1. The summed E-state index contributed by atoms with van der Waals surface area (Å²) in [5, 5.41) is 13.6. The molecular weight excluding hydrogens is 333 g/mol. The highest BCUT2D eigenvalue weighted by molar-refractivity contribution is 6.42. The van der Waals surface area contributed by atoms with Gasteiger partial charge in [-0.3, -0.25) is 0 Å². The Labute approximate surface area is 141 Å². The highest BCUT2D eigenvalue weighted by Crippen LogP contribution is 2.24. The van der Waals surface area contributed by atoms with Crippen LogP contribution in [0.5, 0.6) is 0 Å². The van der Waals surface area contributed by atoms with Crippen LogP contribution in [0.2, 0.25) is 10.0 Å². The molecule has 0 aliphatic heterocycles. The quantitative estimate of drug-likeness (QED) is 0.434. The number of oxime groups is 1. The van der Waals surface area contributed by atoms with Gasteiger partial charge in [-0.25, -0.2) is 0 Å². The molecule has 0 aromatic heterocycles. The largest absolute Gasteiger partial charge is 0.394 e. The fraction of sp³-hybridized carbons (Fsp3) is 0.429. The Bertz CT molecular complexity index is 501. The summed E-state index contributed by atoms with van der Waals surface area (Å²) in [7, 11) is 0. The minimum atomic E-state index is 0. The van der Waals surface area contributed by atoms with Gasteiger partial charge in [-0.05, 0) is 31.4 Å². The molecule has 1 rings (SSSR count). The Morgan fingerprint density at radius 3 is 2.67 bits per heavy atom. The Morgan fingerprint density at radius 2 is 2.05 bits per heavy atom. The average molecular weight is 351 g/mol. The summed E-state index contributed by atoms with van der Waals surface area (Å²) in [5.74, 6) is 0. The van der Waals surface area contributed by atoms with Crippen LogP contribution in [0, 0.1) is 11.3 Å². The monoisotopic (exact) mass is 349 g/mol. The van der Waals surface area contributed by atoms with Gasteiger partial charge in [-0.1, -0.05) is 34.4 Å². The van der Waals surface area contributed by atoms with Crippen molar-refractivity contribution in [3.8, 4) is 6.07 Å². The molecule has 1 aromatic carbocycles. The van der Waals surface area contributed by atoms with Crippen molar-refractivity contribution in [2.24, 2.45) is 10.9 Å². The summed E-state index contributed by atoms with van der Waals surface area (Å²) in [6.45, 7) is 0.773. The molecule has 0 spiro atoms. The molecule has 0 saturated carbocycles. The molecule has 21 heavy (non-hydrogen) atoms. The first-order valence-corrected chi connectivity index (χ1v) is 7.16. The summed E-state index contributed by atoms with van der Waals surface area (Å²) in [5.41, 5.74) is 7.02. The van der Waals surface area contributed by atoms with Gasteiger partial charge in [0, 0.05) is 18.5 Å². The number of hydrogen-bond acceptors (Lipinski definition) is 4. The molecule has 0 bridgehead atoms. The summed E-state index contributed by atoms with van der Waals surface area (Å²) in [6, 6.07) is 7.47. The van der Waals surface area contributed by atoms with E-state index in [0.717, 1.165) is 24.1 Å². The number of hydrogen-bond donors (Lipinski definition) is 1. The van der Waals surface area contributed by atoms with Gasteiger partial charge in [-0.2, -0.15) is 5.26 Å². The normalized spacial score (nSPS) is 10.7. The lowest BCUT2D eigenvalue weighted by Crippen LogP contribution is -2.08. The van der Waals surface area contributed by atoms with Crippen LogP contribution in [-0.4, -0.2) is 18.9 Å². The lowest BCUT2D eigenvalue weighted by Gasteiger charge is -2.07. The van der Waals surface area contributed by atoms with E-state index in [2.05, 4.69) is 11.2 Å². The van der Waals surface area contributed by atoms with Crippen LogP contribution < -0.4 is 5.73 Å². The maximum Gasteiger partial charge on any atom is 0.129 e. The molecule has 0 aliphatic carbocycles. The van der Waals surface area contributed by atoms with Gasteiger partial charge >= 0.3 is 0 Å². The van der Waals surface area contributed by atoms with Crippen molar-refractivity contribution in [2.75, 3.05) is 13.2 Å². The third kappa shape index (κ3) is 7.54. The van der Waals surface area contributed by atoms with E-state index in [1.807, 2.05) is 6.07 Å².